The van der Waals surface area contributed by atoms with Gasteiger partial charge in [0.15, 0.2) is 16.6 Å². The first-order valence-corrected chi connectivity index (χ1v) is 16.9. The van der Waals surface area contributed by atoms with E-state index in [1.54, 1.807) is 6.08 Å². The summed E-state index contributed by atoms with van der Waals surface area (Å²) < 4.78 is 18.7. The van der Waals surface area contributed by atoms with Crippen molar-refractivity contribution in [2.75, 3.05) is 0 Å². The third kappa shape index (κ3) is 11.7. The van der Waals surface area contributed by atoms with Crippen LogP contribution in [0.4, 0.5) is 0 Å². The Balaban J connectivity index is 5.06. The van der Waals surface area contributed by atoms with Gasteiger partial charge in [0.25, 0.3) is 0 Å². The highest BCUT2D eigenvalue weighted by Crippen LogP contribution is 2.26. The topological polar surface area (TPSA) is 57.1 Å². The molecular weight excluding hydrogens is 346 g/mol. The van der Waals surface area contributed by atoms with E-state index < -0.39 is 31.7 Å². The summed E-state index contributed by atoms with van der Waals surface area (Å²) in [5.74, 6) is 0. The molecule has 0 bridgehead atoms. The lowest BCUT2D eigenvalue weighted by Gasteiger charge is -2.38. The molecule has 5 nitrogen and oxygen atoms in total. The maximum absolute atomic E-state index is 10.6. The number of hydrogen-bond acceptors (Lipinski definition) is 5. The largest absolute Gasteiger partial charge is 0.463 e. The predicted molar refractivity (Wildman–Crippen MR) is 102 cm³/mol. The molecule has 1 unspecified atom stereocenters. The third-order valence-electron chi connectivity index (χ3n) is 2.52. The molecule has 9 heteroatoms. The minimum atomic E-state index is -2.20. The van der Waals surface area contributed by atoms with Gasteiger partial charge in [-0.05, 0) is 66.5 Å². The van der Waals surface area contributed by atoms with Gasteiger partial charge in [-0.25, -0.2) is 4.79 Å². The van der Waals surface area contributed by atoms with Gasteiger partial charge in [0, 0.05) is 15.5 Å². The fourth-order valence-electron chi connectivity index (χ4n) is 2.16. The van der Waals surface area contributed by atoms with Gasteiger partial charge < -0.3 is 12.7 Å². The van der Waals surface area contributed by atoms with Crippen molar-refractivity contribution in [3.63, 3.8) is 0 Å². The summed E-state index contributed by atoms with van der Waals surface area (Å²) in [6.45, 7) is 18.8. The quantitative estimate of drug-likeness (QED) is 0.349. The second-order valence-electron chi connectivity index (χ2n) is 8.82. The highest BCUT2D eigenvalue weighted by Gasteiger charge is 2.37. The molecule has 0 fully saturated rings. The van der Waals surface area contributed by atoms with Crippen molar-refractivity contribution in [2.24, 2.45) is 4.99 Å². The van der Waals surface area contributed by atoms with E-state index >= 15 is 0 Å². The van der Waals surface area contributed by atoms with Gasteiger partial charge in [0.05, 0.1) is 5.54 Å². The minimum absolute atomic E-state index is 0.333. The van der Waals surface area contributed by atoms with E-state index in [2.05, 4.69) is 51.2 Å². The lowest BCUT2D eigenvalue weighted by atomic mass is 9.98. The van der Waals surface area contributed by atoms with E-state index in [1.165, 1.54) is 0 Å². The lowest BCUT2D eigenvalue weighted by molar-refractivity contribution is 0.0846. The number of aliphatic imine (C=N–C) groups is 1. The molecule has 0 radical (unpaired) electrons. The second-order valence-corrected chi connectivity index (χ2v) is 22.1. The molecule has 0 saturated heterocycles. The van der Waals surface area contributed by atoms with E-state index in [9.17, 15) is 4.79 Å². The van der Waals surface area contributed by atoms with Crippen LogP contribution < -0.4 is 0 Å². The first kappa shape index (κ1) is 22.1. The molecule has 130 valence electrons. The molecule has 0 aromatic rings. The van der Waals surface area contributed by atoms with Gasteiger partial charge in [-0.2, -0.15) is 4.99 Å². The Bertz CT molecular complexity index is 393. The van der Waals surface area contributed by atoms with Crippen molar-refractivity contribution in [2.45, 2.75) is 77.2 Å². The molecule has 0 spiro atoms. The summed E-state index contributed by atoms with van der Waals surface area (Å²) in [6, 6.07) is 0. The maximum atomic E-state index is 10.6. The van der Waals surface area contributed by atoms with Gasteiger partial charge in [0.2, 0.25) is 6.08 Å². The average molecular weight is 380 g/mol. The zero-order chi connectivity index (χ0) is 17.8. The number of carbonyl (C=O) groups excluding carboxylic acids is 1. The zero-order valence-corrected chi connectivity index (χ0v) is 21.0. The van der Waals surface area contributed by atoms with E-state index in [-0.39, 0.29) is 5.22 Å². The molecule has 0 rings (SSSR count). The van der Waals surface area contributed by atoms with Crippen LogP contribution in [0.25, 0.3) is 0 Å². The van der Waals surface area contributed by atoms with Crippen molar-refractivity contribution in [3.8, 4) is 0 Å². The summed E-state index contributed by atoms with van der Waals surface area (Å²) in [4.78, 5) is 14.4. The van der Waals surface area contributed by atoms with Gasteiger partial charge in [-0.3, -0.25) is 0 Å². The monoisotopic (exact) mass is 379 g/mol. The number of hydrogen-bond donors (Lipinski definition) is 0. The second kappa shape index (κ2) is 7.80. The maximum Gasteiger partial charge on any atom is 0.463 e. The highest BCUT2D eigenvalue weighted by atomic mass is 28.5. The van der Waals surface area contributed by atoms with E-state index in [4.69, 9.17) is 12.7 Å². The Morgan fingerprint density at radius 3 is 1.77 bits per heavy atom. The normalized spacial score (nSPS) is 16.5. The SMILES string of the molecule is CC(C)(CC(C)([SiH3])O[SiH](O[Si](C)(C)C)O[Si](C)(C)C)N=C=O. The Labute approximate surface area is 142 Å². The number of nitrogens with zero attached hydrogens (tertiary/aromatic N) is 1. The van der Waals surface area contributed by atoms with Gasteiger partial charge in [0.1, 0.15) is 0 Å². The molecule has 0 aromatic carbocycles. The number of rotatable bonds is 9. The molecule has 0 saturated carbocycles. The Morgan fingerprint density at radius 1 is 1.05 bits per heavy atom. The van der Waals surface area contributed by atoms with Crippen LogP contribution in [0.1, 0.15) is 27.2 Å². The van der Waals surface area contributed by atoms with Crippen molar-refractivity contribution >= 4 is 42.5 Å². The Hall–Kier alpha value is 0.128. The molecular formula is C13H33NO4Si4. The summed E-state index contributed by atoms with van der Waals surface area (Å²) in [7, 11) is -4.85. The van der Waals surface area contributed by atoms with Gasteiger partial charge in [-0.1, -0.05) is 0 Å². The fraction of sp³-hybridized carbons (Fsp3) is 0.923. The zero-order valence-electron chi connectivity index (χ0n) is 15.9. The summed E-state index contributed by atoms with van der Waals surface area (Å²) in [5.41, 5.74) is -0.477. The Morgan fingerprint density at radius 2 is 1.45 bits per heavy atom. The van der Waals surface area contributed by atoms with Crippen LogP contribution in [0, 0.1) is 0 Å². The fourth-order valence-corrected chi connectivity index (χ4v) is 9.83. The average Bonchev–Trinajstić information content (AvgIpc) is 2.06. The summed E-state index contributed by atoms with van der Waals surface area (Å²) >= 11 is 0. The first-order valence-electron chi connectivity index (χ1n) is 7.68. The van der Waals surface area contributed by atoms with Crippen molar-refractivity contribution in [3.05, 3.63) is 0 Å². The van der Waals surface area contributed by atoms with Crippen LogP contribution in [0.3, 0.4) is 0 Å². The van der Waals surface area contributed by atoms with Crippen molar-refractivity contribution < 1.29 is 17.5 Å². The Kier molecular flexibility index (Phi) is 7.84. The van der Waals surface area contributed by atoms with Crippen LogP contribution in [0.5, 0.6) is 0 Å². The molecule has 0 amide bonds. The lowest BCUT2D eigenvalue weighted by Crippen LogP contribution is -2.51. The summed E-state index contributed by atoms with van der Waals surface area (Å²) in [5, 5.41) is -0.333. The third-order valence-corrected chi connectivity index (χ3v) is 11.6. The first-order chi connectivity index (χ1) is 9.55. The van der Waals surface area contributed by atoms with Crippen LogP contribution >= 0.6 is 0 Å². The molecule has 0 heterocycles. The van der Waals surface area contributed by atoms with Crippen molar-refractivity contribution in [1.82, 2.24) is 0 Å². The van der Waals surface area contributed by atoms with Crippen LogP contribution in [-0.4, -0.2) is 53.2 Å². The van der Waals surface area contributed by atoms with E-state index in [0.29, 0.717) is 6.42 Å². The highest BCUT2D eigenvalue weighted by molar-refractivity contribution is 6.79. The number of isocyanates is 1. The van der Waals surface area contributed by atoms with Crippen molar-refractivity contribution in [1.29, 1.82) is 0 Å². The van der Waals surface area contributed by atoms with E-state index in [0.717, 1.165) is 10.2 Å². The van der Waals surface area contributed by atoms with Gasteiger partial charge >= 0.3 is 9.53 Å². The standard InChI is InChI=1S/C13H33NO4Si4/c1-12(2,14-11-15)10-13(3,19)16-20(17-21(4,5)6)18-22(7,8)9/h20H,10H2,1-9,19H3. The molecule has 22 heavy (non-hydrogen) atoms. The molecule has 1 atom stereocenters. The smallest absolute Gasteiger partial charge is 0.419 e. The molecule has 0 aromatic heterocycles. The molecule has 0 aliphatic rings. The predicted octanol–water partition coefficient (Wildman–Crippen LogP) is 2.01. The molecule has 0 N–H and O–H groups in total. The minimum Gasteiger partial charge on any atom is -0.419 e. The van der Waals surface area contributed by atoms with Crippen LogP contribution in [-0.2, 0) is 17.5 Å². The van der Waals surface area contributed by atoms with E-state index in [1.807, 2.05) is 13.8 Å². The van der Waals surface area contributed by atoms with Crippen LogP contribution in [0.2, 0.25) is 39.3 Å². The summed E-state index contributed by atoms with van der Waals surface area (Å²) in [6.07, 6.45) is 2.32. The van der Waals surface area contributed by atoms with Gasteiger partial charge in [-0.15, -0.1) is 0 Å². The van der Waals surface area contributed by atoms with Crippen LogP contribution in [0.15, 0.2) is 4.99 Å². The molecule has 0 aliphatic heterocycles. The molecule has 0 aliphatic carbocycles.